The van der Waals surface area contributed by atoms with Crippen LogP contribution < -0.4 is 4.90 Å². The summed E-state index contributed by atoms with van der Waals surface area (Å²) in [5.74, 6) is 1.23. The van der Waals surface area contributed by atoms with Gasteiger partial charge in [-0.2, -0.15) is 0 Å². The monoisotopic (exact) mass is 931 g/mol. The van der Waals surface area contributed by atoms with Crippen molar-refractivity contribution >= 4 is 17.2 Å². The van der Waals surface area contributed by atoms with E-state index in [0.29, 0.717) is 11.3 Å². The third-order valence-electron chi connectivity index (χ3n) is 10.2. The van der Waals surface area contributed by atoms with Crippen molar-refractivity contribution in [1.82, 2.24) is 9.97 Å². The summed E-state index contributed by atoms with van der Waals surface area (Å²) < 4.78 is 0. The van der Waals surface area contributed by atoms with Gasteiger partial charge < -0.3 is 10.0 Å². The van der Waals surface area contributed by atoms with Gasteiger partial charge in [0.05, 0.1) is 11.4 Å². The second kappa shape index (κ2) is 17.4. The van der Waals surface area contributed by atoms with Crippen LogP contribution in [0.2, 0.25) is 0 Å². The van der Waals surface area contributed by atoms with Gasteiger partial charge >= 0.3 is 0 Å². The normalized spacial score (nSPS) is 11.5. The second-order valence-electron chi connectivity index (χ2n) is 16.7. The van der Waals surface area contributed by atoms with Crippen molar-refractivity contribution in [1.29, 1.82) is 0 Å². The number of anilines is 3. The number of para-hydroxylation sites is 2. The molecule has 0 spiro atoms. The third kappa shape index (κ3) is 9.30. The number of aromatic nitrogens is 2. The molecule has 0 saturated heterocycles. The first-order valence-corrected chi connectivity index (χ1v) is 19.2. The summed E-state index contributed by atoms with van der Waals surface area (Å²) in [5.41, 5.74) is 12.9. The summed E-state index contributed by atoms with van der Waals surface area (Å²) in [5, 5.41) is 11.1. The Bertz CT molecular complexity index is 2410. The summed E-state index contributed by atoms with van der Waals surface area (Å²) in [7, 11) is 0. The molecule has 57 heavy (non-hydrogen) atoms. The Balaban J connectivity index is 0.00000310. The van der Waals surface area contributed by atoms with Gasteiger partial charge in [0.1, 0.15) is 11.6 Å². The molecule has 0 aliphatic carbocycles. The predicted octanol–water partition coefficient (Wildman–Crippen LogP) is 14.5. The van der Waals surface area contributed by atoms with Crippen LogP contribution >= 0.6 is 0 Å². The summed E-state index contributed by atoms with van der Waals surface area (Å²) in [6, 6.07) is 51.8. The summed E-state index contributed by atoms with van der Waals surface area (Å²) in [6.07, 6.45) is 1.84. The molecular weight excluding hydrogens is 878 g/mol. The summed E-state index contributed by atoms with van der Waals surface area (Å²) in [6.45, 7) is 18.0. The molecule has 0 amide bonds. The Labute approximate surface area is 355 Å². The van der Waals surface area contributed by atoms with Crippen molar-refractivity contribution in [3.05, 3.63) is 168 Å². The molecule has 0 unspecified atom stereocenters. The number of hydrogen-bond donors (Lipinski definition) is 1. The van der Waals surface area contributed by atoms with Crippen LogP contribution in [0.4, 0.5) is 17.2 Å². The van der Waals surface area contributed by atoms with Crippen molar-refractivity contribution < 1.29 is 26.2 Å². The maximum atomic E-state index is 11.1. The first-order valence-electron chi connectivity index (χ1n) is 19.2. The Hall–Kier alpha value is -5.31. The zero-order valence-corrected chi connectivity index (χ0v) is 35.8. The number of pyridine rings is 2. The molecule has 5 aromatic carbocycles. The van der Waals surface area contributed by atoms with Crippen LogP contribution in [0.1, 0.15) is 85.4 Å². The number of nitrogens with zero attached hydrogens (tertiary/aromatic N) is 3. The minimum atomic E-state index is -0.0473. The SMILES string of the molecule is C.CC(C)c1cccc(-c2ccccc2)c1N(c1[c-]c(-c2cc(-c3cc(C(C)(C)C)cc(C(C)(C)C)c3)cc(-c3ccccc3O)n2)ccc1)c1ccccn1.[Pt]. The van der Waals surface area contributed by atoms with Crippen LogP contribution in [0.3, 0.4) is 0 Å². The van der Waals surface area contributed by atoms with Crippen LogP contribution in [0.5, 0.6) is 5.75 Å². The van der Waals surface area contributed by atoms with Gasteiger partial charge in [-0.25, -0.2) is 4.98 Å². The quantitative estimate of drug-likeness (QED) is 0.154. The molecule has 0 radical (unpaired) electrons. The van der Waals surface area contributed by atoms with E-state index in [1.54, 1.807) is 6.07 Å². The molecule has 7 aromatic rings. The topological polar surface area (TPSA) is 49.2 Å². The molecule has 5 heteroatoms. The molecule has 0 aliphatic rings. The Morgan fingerprint density at radius 1 is 0.596 bits per heavy atom. The maximum Gasteiger partial charge on any atom is 0.136 e. The van der Waals surface area contributed by atoms with E-state index in [1.807, 2.05) is 36.5 Å². The van der Waals surface area contributed by atoms with Gasteiger partial charge in [-0.15, -0.1) is 29.8 Å². The van der Waals surface area contributed by atoms with Gasteiger partial charge in [0.25, 0.3) is 0 Å². The van der Waals surface area contributed by atoms with E-state index in [0.717, 1.165) is 50.7 Å². The minimum Gasteiger partial charge on any atom is -0.507 e. The number of rotatable bonds is 8. The molecule has 2 heterocycles. The third-order valence-corrected chi connectivity index (χ3v) is 10.2. The minimum absolute atomic E-state index is 0. The average Bonchev–Trinajstić information content (AvgIpc) is 3.18. The Morgan fingerprint density at radius 3 is 1.82 bits per heavy atom. The molecular formula is C52H54N3OPt-. The van der Waals surface area contributed by atoms with Gasteiger partial charge in [-0.05, 0) is 91.8 Å². The average molecular weight is 932 g/mol. The zero-order valence-electron chi connectivity index (χ0n) is 33.5. The predicted molar refractivity (Wildman–Crippen MR) is 237 cm³/mol. The molecule has 7 rings (SSSR count). The molecule has 2 aromatic heterocycles. The number of phenolic OH excluding ortho intramolecular Hbond substituents is 1. The zero-order chi connectivity index (χ0) is 38.9. The van der Waals surface area contributed by atoms with Gasteiger partial charge in [-0.3, -0.25) is 4.98 Å². The number of aromatic hydroxyl groups is 1. The second-order valence-corrected chi connectivity index (χ2v) is 16.7. The summed E-state index contributed by atoms with van der Waals surface area (Å²) >= 11 is 0. The standard InChI is InChI=1S/C51H50N3O.CH4.Pt/c1-34(2)42-23-17-24-43(35-18-10-9-11-19-35)49(42)54(48-26-14-15-27-52-48)41-21-16-20-36(30-41)45-31-38(32-46(53-45)44-22-12-13-25-47(44)55)37-28-39(50(3,4)5)33-40(29-37)51(6,7)8;;/h9-29,31-34,55H,1-8H3;1H4;/q-1;;. The number of hydrogen-bond acceptors (Lipinski definition) is 4. The van der Waals surface area contributed by atoms with Crippen molar-refractivity contribution in [2.24, 2.45) is 0 Å². The van der Waals surface area contributed by atoms with Crippen molar-refractivity contribution in [3.8, 4) is 50.5 Å². The van der Waals surface area contributed by atoms with Crippen molar-refractivity contribution in [3.63, 3.8) is 0 Å². The fourth-order valence-corrected chi connectivity index (χ4v) is 7.03. The summed E-state index contributed by atoms with van der Waals surface area (Å²) in [4.78, 5) is 12.4. The Morgan fingerprint density at radius 2 is 1.19 bits per heavy atom. The van der Waals surface area contributed by atoms with Crippen molar-refractivity contribution in [2.75, 3.05) is 4.90 Å². The number of benzene rings is 5. The van der Waals surface area contributed by atoms with Gasteiger partial charge in [0.2, 0.25) is 0 Å². The first kappa shape index (κ1) is 42.8. The van der Waals surface area contributed by atoms with Crippen LogP contribution in [0.25, 0.3) is 44.8 Å². The van der Waals surface area contributed by atoms with Crippen LogP contribution in [0.15, 0.2) is 146 Å². The maximum absolute atomic E-state index is 11.1. The fraction of sp³-hybridized carbons (Fsp3) is 0.231. The Kier molecular flexibility index (Phi) is 13.1. The van der Waals surface area contributed by atoms with Gasteiger partial charge in [0.15, 0.2) is 0 Å². The van der Waals surface area contributed by atoms with Crippen LogP contribution in [0, 0.1) is 6.07 Å². The van der Waals surface area contributed by atoms with Gasteiger partial charge in [-0.1, -0.05) is 154 Å². The smallest absolute Gasteiger partial charge is 0.136 e. The van der Waals surface area contributed by atoms with Crippen LogP contribution in [-0.2, 0) is 31.9 Å². The molecule has 0 saturated carbocycles. The van der Waals surface area contributed by atoms with E-state index in [9.17, 15) is 5.11 Å². The molecule has 0 atom stereocenters. The van der Waals surface area contributed by atoms with E-state index in [2.05, 4.69) is 169 Å². The van der Waals surface area contributed by atoms with Gasteiger partial charge in [0, 0.05) is 38.4 Å². The van der Waals surface area contributed by atoms with E-state index < -0.39 is 0 Å². The van der Waals surface area contributed by atoms with E-state index in [-0.39, 0.29) is 51.0 Å². The first-order chi connectivity index (χ1) is 26.3. The van der Waals surface area contributed by atoms with Crippen molar-refractivity contribution in [2.45, 2.75) is 79.6 Å². The molecule has 294 valence electrons. The molecule has 0 bridgehead atoms. The molecule has 0 fully saturated rings. The van der Waals surface area contributed by atoms with E-state index in [1.165, 1.54) is 16.7 Å². The molecule has 1 N–H and O–H groups in total. The van der Waals surface area contributed by atoms with E-state index >= 15 is 0 Å². The molecule has 4 nitrogen and oxygen atoms in total. The fourth-order valence-electron chi connectivity index (χ4n) is 7.03. The van der Waals surface area contributed by atoms with E-state index in [4.69, 9.17) is 9.97 Å². The molecule has 0 aliphatic heterocycles. The largest absolute Gasteiger partial charge is 0.507 e. The van der Waals surface area contributed by atoms with Crippen LogP contribution in [-0.4, -0.2) is 15.1 Å². The number of phenols is 1.